The fourth-order valence-electron chi connectivity index (χ4n) is 0.354. The molecular formula is C4H4Br2N2. The Hall–Kier alpha value is 0.0400. The van der Waals surface area contributed by atoms with E-state index in [9.17, 15) is 0 Å². The quantitative estimate of drug-likeness (QED) is 0.598. The van der Waals surface area contributed by atoms with Gasteiger partial charge in [0, 0.05) is 24.8 Å². The third kappa shape index (κ3) is 1.52. The van der Waals surface area contributed by atoms with Gasteiger partial charge >= 0.3 is 0 Å². The molecule has 0 radical (unpaired) electrons. The molecule has 0 saturated heterocycles. The van der Waals surface area contributed by atoms with Gasteiger partial charge < -0.3 is 0 Å². The molecule has 0 spiro atoms. The summed E-state index contributed by atoms with van der Waals surface area (Å²) in [5, 5.41) is 0. The molecule has 0 aromatic carbocycles. The first-order valence-corrected chi connectivity index (χ1v) is 3.46. The van der Waals surface area contributed by atoms with Gasteiger partial charge in [-0.25, -0.2) is 0 Å². The molecule has 8 heavy (non-hydrogen) atoms. The SMILES string of the molecule is BrN1C=CN(Br)C=C1. The smallest absolute Gasteiger partial charge is 0.0540 e. The molecule has 2 nitrogen and oxygen atoms in total. The van der Waals surface area contributed by atoms with Gasteiger partial charge in [0.25, 0.3) is 0 Å². The summed E-state index contributed by atoms with van der Waals surface area (Å²) in [6.07, 6.45) is 7.48. The first kappa shape index (κ1) is 6.16. The Kier molecular flexibility index (Phi) is 1.96. The molecule has 0 aromatic heterocycles. The van der Waals surface area contributed by atoms with Crippen molar-refractivity contribution >= 4 is 32.3 Å². The zero-order valence-electron chi connectivity index (χ0n) is 3.96. The predicted octanol–water partition coefficient (Wildman–Crippen LogP) is 2.17. The molecule has 0 N–H and O–H groups in total. The molecule has 1 heterocycles. The molecule has 1 rings (SSSR count). The van der Waals surface area contributed by atoms with Crippen LogP contribution in [0.5, 0.6) is 0 Å². The van der Waals surface area contributed by atoms with E-state index in [2.05, 4.69) is 32.3 Å². The molecular weight excluding hydrogens is 236 g/mol. The average molecular weight is 240 g/mol. The molecule has 0 bridgehead atoms. The van der Waals surface area contributed by atoms with Crippen LogP contribution in [0.15, 0.2) is 24.8 Å². The molecule has 4 heteroatoms. The van der Waals surface area contributed by atoms with Crippen LogP contribution in [-0.4, -0.2) is 7.85 Å². The van der Waals surface area contributed by atoms with Crippen LogP contribution in [0.2, 0.25) is 0 Å². The summed E-state index contributed by atoms with van der Waals surface area (Å²) >= 11 is 6.46. The summed E-state index contributed by atoms with van der Waals surface area (Å²) in [5.74, 6) is 0. The first-order valence-electron chi connectivity index (χ1n) is 2.04. The fraction of sp³-hybridized carbons (Fsp3) is 0. The molecule has 0 amide bonds. The van der Waals surface area contributed by atoms with Gasteiger partial charge in [-0.1, -0.05) is 0 Å². The van der Waals surface area contributed by atoms with Crippen molar-refractivity contribution < 1.29 is 0 Å². The number of hydrogen-bond acceptors (Lipinski definition) is 2. The molecule has 0 aromatic rings. The van der Waals surface area contributed by atoms with Gasteiger partial charge in [0.15, 0.2) is 0 Å². The van der Waals surface area contributed by atoms with Crippen LogP contribution in [0.1, 0.15) is 0 Å². The number of halogens is 2. The predicted molar refractivity (Wildman–Crippen MR) is 39.8 cm³/mol. The second-order valence-electron chi connectivity index (χ2n) is 1.28. The lowest BCUT2D eigenvalue weighted by Crippen LogP contribution is -2.02. The van der Waals surface area contributed by atoms with Gasteiger partial charge in [0.05, 0.1) is 32.3 Å². The molecule has 0 unspecified atom stereocenters. The minimum Gasteiger partial charge on any atom is -0.289 e. The van der Waals surface area contributed by atoms with Crippen LogP contribution < -0.4 is 0 Å². The van der Waals surface area contributed by atoms with Crippen molar-refractivity contribution in [3.8, 4) is 0 Å². The zero-order chi connectivity index (χ0) is 5.98. The maximum absolute atomic E-state index is 3.23. The second-order valence-corrected chi connectivity index (χ2v) is 2.92. The number of nitrogens with zero attached hydrogens (tertiary/aromatic N) is 2. The van der Waals surface area contributed by atoms with Crippen LogP contribution in [0.3, 0.4) is 0 Å². The maximum Gasteiger partial charge on any atom is 0.0540 e. The zero-order valence-corrected chi connectivity index (χ0v) is 7.13. The minimum atomic E-state index is 1.78. The summed E-state index contributed by atoms with van der Waals surface area (Å²) in [7, 11) is 0. The fourth-order valence-corrected chi connectivity index (χ4v) is 0.777. The third-order valence-corrected chi connectivity index (χ3v) is 1.65. The lowest BCUT2D eigenvalue weighted by Gasteiger charge is -2.12. The number of rotatable bonds is 0. The summed E-state index contributed by atoms with van der Waals surface area (Å²) in [6, 6.07) is 0. The second kappa shape index (κ2) is 2.55. The standard InChI is InChI=1S/C4H4Br2N2/c5-7-1-2-8(6)4-3-7/h1-4H. The van der Waals surface area contributed by atoms with E-state index in [1.54, 1.807) is 7.85 Å². The van der Waals surface area contributed by atoms with E-state index < -0.39 is 0 Å². The van der Waals surface area contributed by atoms with Crippen LogP contribution in [0, 0.1) is 0 Å². The van der Waals surface area contributed by atoms with Crippen molar-refractivity contribution in [2.24, 2.45) is 0 Å². The minimum absolute atomic E-state index is 1.78. The molecule has 0 saturated carbocycles. The van der Waals surface area contributed by atoms with Gasteiger partial charge in [0.2, 0.25) is 0 Å². The van der Waals surface area contributed by atoms with Gasteiger partial charge in [0.1, 0.15) is 0 Å². The number of hydrogen-bond donors (Lipinski definition) is 0. The van der Waals surface area contributed by atoms with E-state index in [-0.39, 0.29) is 0 Å². The van der Waals surface area contributed by atoms with Gasteiger partial charge in [-0.3, -0.25) is 7.85 Å². The molecule has 1 aliphatic heterocycles. The van der Waals surface area contributed by atoms with Crippen LogP contribution in [-0.2, 0) is 0 Å². The van der Waals surface area contributed by atoms with Gasteiger partial charge in [-0.2, -0.15) is 0 Å². The van der Waals surface area contributed by atoms with Crippen molar-refractivity contribution in [3.63, 3.8) is 0 Å². The van der Waals surface area contributed by atoms with E-state index >= 15 is 0 Å². The summed E-state index contributed by atoms with van der Waals surface area (Å²) in [5.41, 5.74) is 0. The largest absolute Gasteiger partial charge is 0.289 e. The molecule has 44 valence electrons. The van der Waals surface area contributed by atoms with Crippen molar-refractivity contribution in [2.75, 3.05) is 0 Å². The first-order chi connectivity index (χ1) is 3.79. The lowest BCUT2D eigenvalue weighted by molar-refractivity contribution is 0.747. The molecule has 0 fully saturated rings. The van der Waals surface area contributed by atoms with Crippen LogP contribution in [0.25, 0.3) is 0 Å². The van der Waals surface area contributed by atoms with E-state index in [1.807, 2.05) is 24.8 Å². The van der Waals surface area contributed by atoms with E-state index in [1.165, 1.54) is 0 Å². The molecule has 0 atom stereocenters. The molecule has 1 aliphatic rings. The summed E-state index contributed by atoms with van der Waals surface area (Å²) in [4.78, 5) is 0. The van der Waals surface area contributed by atoms with Gasteiger partial charge in [-0.05, 0) is 0 Å². The third-order valence-electron chi connectivity index (χ3n) is 0.703. The highest BCUT2D eigenvalue weighted by molar-refractivity contribution is 9.08. The van der Waals surface area contributed by atoms with E-state index in [0.29, 0.717) is 0 Å². The Morgan fingerprint density at radius 1 is 0.750 bits per heavy atom. The van der Waals surface area contributed by atoms with Crippen LogP contribution >= 0.6 is 32.3 Å². The monoisotopic (exact) mass is 238 g/mol. The highest BCUT2D eigenvalue weighted by atomic mass is 79.9. The van der Waals surface area contributed by atoms with Crippen molar-refractivity contribution in [1.82, 2.24) is 7.85 Å². The Morgan fingerprint density at radius 3 is 1.25 bits per heavy atom. The Bertz CT molecular complexity index is 104. The lowest BCUT2D eigenvalue weighted by atomic mass is 10.7. The van der Waals surface area contributed by atoms with Gasteiger partial charge in [-0.15, -0.1) is 0 Å². The van der Waals surface area contributed by atoms with Crippen molar-refractivity contribution in [3.05, 3.63) is 24.8 Å². The van der Waals surface area contributed by atoms with Crippen molar-refractivity contribution in [1.29, 1.82) is 0 Å². The van der Waals surface area contributed by atoms with Crippen LogP contribution in [0.4, 0.5) is 0 Å². The Balaban J connectivity index is 2.54. The van der Waals surface area contributed by atoms with E-state index in [0.717, 1.165) is 0 Å². The topological polar surface area (TPSA) is 6.48 Å². The molecule has 0 aliphatic carbocycles. The maximum atomic E-state index is 3.23. The van der Waals surface area contributed by atoms with Crippen molar-refractivity contribution in [2.45, 2.75) is 0 Å². The highest BCUT2D eigenvalue weighted by Gasteiger charge is 1.93. The Morgan fingerprint density at radius 2 is 1.00 bits per heavy atom. The summed E-state index contributed by atoms with van der Waals surface area (Å²) in [6.45, 7) is 0. The summed E-state index contributed by atoms with van der Waals surface area (Å²) < 4.78 is 3.56. The average Bonchev–Trinajstić information content (AvgIpc) is 1.77. The normalized spacial score (nSPS) is 17.8. The highest BCUT2D eigenvalue weighted by Crippen LogP contribution is 2.10. The van der Waals surface area contributed by atoms with E-state index in [4.69, 9.17) is 0 Å². The Labute approximate surface area is 65.1 Å².